The minimum absolute atomic E-state index is 0.292. The van der Waals surface area contributed by atoms with E-state index >= 15 is 0 Å². The quantitative estimate of drug-likeness (QED) is 0.747. The Labute approximate surface area is 89.1 Å². The summed E-state index contributed by atoms with van der Waals surface area (Å²) in [4.78, 5) is 2.63. The highest BCUT2D eigenvalue weighted by Crippen LogP contribution is 2.17. The fourth-order valence-corrected chi connectivity index (χ4v) is 2.05. The van der Waals surface area contributed by atoms with E-state index in [9.17, 15) is 0 Å². The van der Waals surface area contributed by atoms with Crippen LogP contribution in [0.4, 0.5) is 0 Å². The summed E-state index contributed by atoms with van der Waals surface area (Å²) in [6.45, 7) is 15.1. The number of hydrogen-bond donors (Lipinski definition) is 1. The van der Waals surface area contributed by atoms with Gasteiger partial charge in [0, 0.05) is 31.2 Å². The molecule has 1 N–H and O–H groups in total. The molecule has 1 saturated heterocycles. The highest BCUT2D eigenvalue weighted by molar-refractivity contribution is 4.90. The summed E-state index contributed by atoms with van der Waals surface area (Å²) in [7, 11) is 0. The second-order valence-corrected chi connectivity index (χ2v) is 5.56. The van der Waals surface area contributed by atoms with E-state index < -0.39 is 0 Å². The van der Waals surface area contributed by atoms with Crippen LogP contribution in [0.15, 0.2) is 0 Å². The topological polar surface area (TPSA) is 15.3 Å². The molecular formula is C12H26N2. The lowest BCUT2D eigenvalue weighted by Gasteiger charge is -2.44. The molecule has 1 aliphatic heterocycles. The van der Waals surface area contributed by atoms with Crippen molar-refractivity contribution in [2.45, 2.75) is 52.6 Å². The molecule has 2 heteroatoms. The summed E-state index contributed by atoms with van der Waals surface area (Å²) in [6.07, 6.45) is 1.29. The van der Waals surface area contributed by atoms with Gasteiger partial charge in [0.2, 0.25) is 0 Å². The van der Waals surface area contributed by atoms with Crippen molar-refractivity contribution in [1.29, 1.82) is 0 Å². The summed E-state index contributed by atoms with van der Waals surface area (Å²) >= 11 is 0. The minimum Gasteiger partial charge on any atom is -0.309 e. The van der Waals surface area contributed by atoms with E-state index in [1.807, 2.05) is 0 Å². The third-order valence-electron chi connectivity index (χ3n) is 3.34. The van der Waals surface area contributed by atoms with Gasteiger partial charge in [-0.25, -0.2) is 0 Å². The highest BCUT2D eigenvalue weighted by atomic mass is 15.2. The van der Waals surface area contributed by atoms with E-state index in [-0.39, 0.29) is 0 Å². The average Bonchev–Trinajstić information content (AvgIpc) is 2.11. The minimum atomic E-state index is 0.292. The lowest BCUT2D eigenvalue weighted by Crippen LogP contribution is -2.61. The molecule has 1 fully saturated rings. The van der Waals surface area contributed by atoms with Gasteiger partial charge in [0.05, 0.1) is 0 Å². The lowest BCUT2D eigenvalue weighted by atomic mass is 9.97. The van der Waals surface area contributed by atoms with E-state index in [0.29, 0.717) is 11.6 Å². The molecule has 1 rings (SSSR count). The van der Waals surface area contributed by atoms with Gasteiger partial charge < -0.3 is 5.32 Å². The fraction of sp³-hybridized carbons (Fsp3) is 1.00. The van der Waals surface area contributed by atoms with Crippen LogP contribution in [-0.4, -0.2) is 36.1 Å². The Morgan fingerprint density at radius 3 is 2.71 bits per heavy atom. The van der Waals surface area contributed by atoms with Gasteiger partial charge in [-0.2, -0.15) is 0 Å². The van der Waals surface area contributed by atoms with Crippen LogP contribution in [0.2, 0.25) is 0 Å². The Hall–Kier alpha value is -0.0800. The van der Waals surface area contributed by atoms with Gasteiger partial charge in [0.25, 0.3) is 0 Å². The summed E-state index contributed by atoms with van der Waals surface area (Å²) in [5.74, 6) is 0.825. The SMILES string of the molecule is CCC(C)CN1CC(C)(C)NCC1C. The monoisotopic (exact) mass is 198 g/mol. The molecule has 0 aliphatic carbocycles. The Morgan fingerprint density at radius 2 is 2.14 bits per heavy atom. The molecule has 2 nitrogen and oxygen atoms in total. The maximum Gasteiger partial charge on any atom is 0.0252 e. The van der Waals surface area contributed by atoms with Gasteiger partial charge in [-0.1, -0.05) is 20.3 Å². The van der Waals surface area contributed by atoms with Crippen LogP contribution in [-0.2, 0) is 0 Å². The van der Waals surface area contributed by atoms with E-state index in [2.05, 4.69) is 44.8 Å². The Balaban J connectivity index is 2.48. The average molecular weight is 198 g/mol. The van der Waals surface area contributed by atoms with Crippen molar-refractivity contribution in [2.75, 3.05) is 19.6 Å². The van der Waals surface area contributed by atoms with E-state index in [0.717, 1.165) is 12.5 Å². The predicted molar refractivity (Wildman–Crippen MR) is 62.6 cm³/mol. The molecule has 0 amide bonds. The number of hydrogen-bond acceptors (Lipinski definition) is 2. The van der Waals surface area contributed by atoms with Crippen LogP contribution in [0, 0.1) is 5.92 Å². The number of nitrogens with zero attached hydrogens (tertiary/aromatic N) is 1. The van der Waals surface area contributed by atoms with Crippen molar-refractivity contribution >= 4 is 0 Å². The van der Waals surface area contributed by atoms with Crippen LogP contribution in [0.25, 0.3) is 0 Å². The van der Waals surface area contributed by atoms with E-state index in [1.54, 1.807) is 0 Å². The summed E-state index contributed by atoms with van der Waals surface area (Å²) in [5, 5.41) is 3.59. The zero-order chi connectivity index (χ0) is 10.8. The fourth-order valence-electron chi connectivity index (χ4n) is 2.05. The third kappa shape index (κ3) is 3.25. The molecule has 1 aliphatic rings. The van der Waals surface area contributed by atoms with Gasteiger partial charge in [-0.05, 0) is 26.7 Å². The van der Waals surface area contributed by atoms with Crippen molar-refractivity contribution in [3.05, 3.63) is 0 Å². The van der Waals surface area contributed by atoms with Crippen LogP contribution in [0.3, 0.4) is 0 Å². The van der Waals surface area contributed by atoms with Gasteiger partial charge in [-0.3, -0.25) is 4.90 Å². The molecule has 0 bridgehead atoms. The van der Waals surface area contributed by atoms with E-state index in [4.69, 9.17) is 0 Å². The number of piperazine rings is 1. The maximum atomic E-state index is 3.59. The Bertz CT molecular complexity index is 177. The lowest BCUT2D eigenvalue weighted by molar-refractivity contribution is 0.0898. The zero-order valence-electron chi connectivity index (χ0n) is 10.4. The van der Waals surface area contributed by atoms with Crippen molar-refractivity contribution in [3.8, 4) is 0 Å². The van der Waals surface area contributed by atoms with E-state index in [1.165, 1.54) is 19.5 Å². The van der Waals surface area contributed by atoms with Crippen molar-refractivity contribution in [3.63, 3.8) is 0 Å². The molecule has 2 unspecified atom stereocenters. The van der Waals surface area contributed by atoms with Crippen molar-refractivity contribution < 1.29 is 0 Å². The molecule has 0 saturated carbocycles. The molecule has 0 aromatic carbocycles. The third-order valence-corrected chi connectivity index (χ3v) is 3.34. The molecular weight excluding hydrogens is 172 g/mol. The number of rotatable bonds is 3. The molecule has 84 valence electrons. The zero-order valence-corrected chi connectivity index (χ0v) is 10.4. The number of nitrogens with one attached hydrogen (secondary N) is 1. The molecule has 14 heavy (non-hydrogen) atoms. The summed E-state index contributed by atoms with van der Waals surface area (Å²) in [5.41, 5.74) is 0.292. The first-order chi connectivity index (χ1) is 6.44. The second-order valence-electron chi connectivity index (χ2n) is 5.56. The van der Waals surface area contributed by atoms with Crippen LogP contribution in [0.5, 0.6) is 0 Å². The smallest absolute Gasteiger partial charge is 0.0252 e. The van der Waals surface area contributed by atoms with Crippen molar-refractivity contribution in [2.24, 2.45) is 5.92 Å². The Kier molecular flexibility index (Phi) is 3.96. The van der Waals surface area contributed by atoms with Gasteiger partial charge in [-0.15, -0.1) is 0 Å². The second kappa shape index (κ2) is 4.63. The Morgan fingerprint density at radius 1 is 1.50 bits per heavy atom. The van der Waals surface area contributed by atoms with Crippen molar-refractivity contribution in [1.82, 2.24) is 10.2 Å². The van der Waals surface area contributed by atoms with Gasteiger partial charge in [0.1, 0.15) is 0 Å². The first-order valence-electron chi connectivity index (χ1n) is 5.93. The van der Waals surface area contributed by atoms with Gasteiger partial charge >= 0.3 is 0 Å². The molecule has 1 heterocycles. The molecule has 0 radical (unpaired) electrons. The first kappa shape index (κ1) is 12.0. The summed E-state index contributed by atoms with van der Waals surface area (Å²) in [6, 6.07) is 0.692. The maximum absolute atomic E-state index is 3.59. The van der Waals surface area contributed by atoms with Crippen LogP contribution in [0.1, 0.15) is 41.0 Å². The van der Waals surface area contributed by atoms with Gasteiger partial charge in [0.15, 0.2) is 0 Å². The molecule has 0 aromatic rings. The standard InChI is InChI=1S/C12H26N2/c1-6-10(2)8-14-9-12(4,5)13-7-11(14)3/h10-11,13H,6-9H2,1-5H3. The predicted octanol–water partition coefficient (Wildman–Crippen LogP) is 2.10. The largest absolute Gasteiger partial charge is 0.309 e. The van der Waals surface area contributed by atoms with Crippen LogP contribution >= 0.6 is 0 Å². The summed E-state index contributed by atoms with van der Waals surface area (Å²) < 4.78 is 0. The molecule has 2 atom stereocenters. The highest BCUT2D eigenvalue weighted by Gasteiger charge is 2.30. The first-order valence-corrected chi connectivity index (χ1v) is 5.93. The molecule has 0 aromatic heterocycles. The van der Waals surface area contributed by atoms with Crippen LogP contribution < -0.4 is 5.32 Å². The normalized spacial score (nSPS) is 30.2. The molecule has 0 spiro atoms.